The Balaban J connectivity index is 1.84. The van der Waals surface area contributed by atoms with Crippen LogP contribution in [0.2, 0.25) is 0 Å². The van der Waals surface area contributed by atoms with Crippen molar-refractivity contribution in [1.29, 1.82) is 0 Å². The summed E-state index contributed by atoms with van der Waals surface area (Å²) in [6.45, 7) is 3.84. The van der Waals surface area contributed by atoms with E-state index in [-0.39, 0.29) is 5.91 Å². The van der Waals surface area contributed by atoms with Crippen molar-refractivity contribution in [2.45, 2.75) is 39.3 Å². The average molecular weight is 220 g/mol. The Morgan fingerprint density at radius 1 is 1.56 bits per heavy atom. The highest BCUT2D eigenvalue weighted by atomic mass is 16.2. The highest BCUT2D eigenvalue weighted by Gasteiger charge is 2.25. The molecule has 2 rings (SSSR count). The molecule has 0 spiro atoms. The molecule has 1 aromatic heterocycles. The number of rotatable bonds is 5. The molecule has 1 fully saturated rings. The quantitative estimate of drug-likeness (QED) is 0.747. The second-order valence-corrected chi connectivity index (χ2v) is 4.75. The molecule has 0 saturated heterocycles. The lowest BCUT2D eigenvalue weighted by Crippen LogP contribution is -2.26. The Hall–Kier alpha value is -1.25. The van der Waals surface area contributed by atoms with Gasteiger partial charge in [-0.15, -0.1) is 0 Å². The largest absolute Gasteiger partial charge is 0.354 e. The summed E-state index contributed by atoms with van der Waals surface area (Å²) < 4.78 is 2.13. The first-order chi connectivity index (χ1) is 7.69. The predicted octanol–water partition coefficient (Wildman–Crippen LogP) is 2.27. The minimum absolute atomic E-state index is 0.284. The standard InChI is InChI=1S/C13H20N2O/c1-3-15-7-6-12(10-15)9-14(2)13(16)8-11-4-5-11/h6-7,10-11H,3-5,8-9H2,1-2H3. The van der Waals surface area contributed by atoms with Crippen molar-refractivity contribution >= 4 is 5.91 Å². The average Bonchev–Trinajstić information content (AvgIpc) is 2.96. The van der Waals surface area contributed by atoms with Gasteiger partial charge in [-0.3, -0.25) is 4.79 Å². The van der Waals surface area contributed by atoms with Crippen LogP contribution in [0, 0.1) is 5.92 Å². The normalized spacial score (nSPS) is 15.1. The van der Waals surface area contributed by atoms with E-state index in [1.165, 1.54) is 18.4 Å². The molecule has 0 unspecified atom stereocenters. The van der Waals surface area contributed by atoms with Gasteiger partial charge in [-0.05, 0) is 37.3 Å². The third-order valence-electron chi connectivity index (χ3n) is 3.18. The van der Waals surface area contributed by atoms with Crippen molar-refractivity contribution < 1.29 is 4.79 Å². The van der Waals surface area contributed by atoms with Gasteiger partial charge < -0.3 is 9.47 Å². The summed E-state index contributed by atoms with van der Waals surface area (Å²) in [5.74, 6) is 0.960. The van der Waals surface area contributed by atoms with Gasteiger partial charge in [-0.25, -0.2) is 0 Å². The van der Waals surface area contributed by atoms with E-state index in [1.54, 1.807) is 0 Å². The number of carbonyl (C=O) groups is 1. The first-order valence-electron chi connectivity index (χ1n) is 6.07. The molecule has 1 amide bonds. The molecule has 0 atom stereocenters. The maximum atomic E-state index is 11.8. The van der Waals surface area contributed by atoms with Crippen molar-refractivity contribution in [2.24, 2.45) is 5.92 Å². The number of aromatic nitrogens is 1. The first-order valence-corrected chi connectivity index (χ1v) is 6.07. The molecule has 1 aliphatic rings. The Morgan fingerprint density at radius 2 is 2.31 bits per heavy atom. The van der Waals surface area contributed by atoms with Crippen LogP contribution in [0.1, 0.15) is 31.7 Å². The fraction of sp³-hybridized carbons (Fsp3) is 0.615. The number of hydrogen-bond acceptors (Lipinski definition) is 1. The zero-order valence-corrected chi connectivity index (χ0v) is 10.1. The highest BCUT2D eigenvalue weighted by Crippen LogP contribution is 2.32. The number of amides is 1. The predicted molar refractivity (Wildman–Crippen MR) is 63.9 cm³/mol. The molecular weight excluding hydrogens is 200 g/mol. The zero-order valence-electron chi connectivity index (χ0n) is 10.1. The molecule has 0 radical (unpaired) electrons. The van der Waals surface area contributed by atoms with Crippen LogP contribution in [-0.2, 0) is 17.9 Å². The van der Waals surface area contributed by atoms with E-state index in [1.807, 2.05) is 11.9 Å². The van der Waals surface area contributed by atoms with Gasteiger partial charge in [0.05, 0.1) is 0 Å². The number of nitrogens with zero attached hydrogens (tertiary/aromatic N) is 2. The summed E-state index contributed by atoms with van der Waals surface area (Å²) in [5, 5.41) is 0. The summed E-state index contributed by atoms with van der Waals surface area (Å²) in [5.41, 5.74) is 1.22. The molecule has 3 heteroatoms. The van der Waals surface area contributed by atoms with Gasteiger partial charge in [0.25, 0.3) is 0 Å². The van der Waals surface area contributed by atoms with Crippen LogP contribution in [-0.4, -0.2) is 22.4 Å². The van der Waals surface area contributed by atoms with Gasteiger partial charge in [-0.2, -0.15) is 0 Å². The molecular formula is C13H20N2O. The van der Waals surface area contributed by atoms with E-state index >= 15 is 0 Å². The summed E-state index contributed by atoms with van der Waals surface area (Å²) in [6.07, 6.45) is 7.40. The fourth-order valence-corrected chi connectivity index (χ4v) is 1.87. The fourth-order valence-electron chi connectivity index (χ4n) is 1.87. The molecule has 88 valence electrons. The molecule has 1 heterocycles. The molecule has 1 aliphatic carbocycles. The number of carbonyl (C=O) groups excluding carboxylic acids is 1. The van der Waals surface area contributed by atoms with Crippen LogP contribution in [0.4, 0.5) is 0 Å². The Bertz CT molecular complexity index is 366. The van der Waals surface area contributed by atoms with Gasteiger partial charge in [0.1, 0.15) is 0 Å². The molecule has 16 heavy (non-hydrogen) atoms. The van der Waals surface area contributed by atoms with Gasteiger partial charge in [0.2, 0.25) is 5.91 Å². The Labute approximate surface area is 97.1 Å². The second-order valence-electron chi connectivity index (χ2n) is 4.75. The summed E-state index contributed by atoms with van der Waals surface area (Å²) >= 11 is 0. The van der Waals surface area contributed by atoms with Crippen molar-refractivity contribution in [3.05, 3.63) is 24.0 Å². The van der Waals surface area contributed by atoms with E-state index in [9.17, 15) is 4.79 Å². The number of aryl methyl sites for hydroxylation is 1. The van der Waals surface area contributed by atoms with E-state index in [0.29, 0.717) is 5.92 Å². The van der Waals surface area contributed by atoms with Gasteiger partial charge in [0.15, 0.2) is 0 Å². The molecule has 0 aliphatic heterocycles. The van der Waals surface area contributed by atoms with Crippen LogP contribution >= 0.6 is 0 Å². The maximum absolute atomic E-state index is 11.8. The highest BCUT2D eigenvalue weighted by molar-refractivity contribution is 5.76. The van der Waals surface area contributed by atoms with Crippen molar-refractivity contribution in [3.8, 4) is 0 Å². The maximum Gasteiger partial charge on any atom is 0.222 e. The van der Waals surface area contributed by atoms with Crippen LogP contribution in [0.15, 0.2) is 18.5 Å². The van der Waals surface area contributed by atoms with E-state index < -0.39 is 0 Å². The molecule has 0 N–H and O–H groups in total. The van der Waals surface area contributed by atoms with E-state index in [0.717, 1.165) is 19.5 Å². The lowest BCUT2D eigenvalue weighted by atomic mass is 10.2. The van der Waals surface area contributed by atoms with Gasteiger partial charge >= 0.3 is 0 Å². The molecule has 1 saturated carbocycles. The second kappa shape index (κ2) is 4.73. The van der Waals surface area contributed by atoms with Crippen molar-refractivity contribution in [2.75, 3.05) is 7.05 Å². The van der Waals surface area contributed by atoms with Crippen LogP contribution in [0.3, 0.4) is 0 Å². The van der Waals surface area contributed by atoms with Gasteiger partial charge in [0, 0.05) is 39.0 Å². The van der Waals surface area contributed by atoms with E-state index in [4.69, 9.17) is 0 Å². The SMILES string of the molecule is CCn1ccc(CN(C)C(=O)CC2CC2)c1. The van der Waals surface area contributed by atoms with Crippen LogP contribution in [0.5, 0.6) is 0 Å². The third-order valence-corrected chi connectivity index (χ3v) is 3.18. The lowest BCUT2D eigenvalue weighted by molar-refractivity contribution is -0.130. The topological polar surface area (TPSA) is 25.2 Å². The summed E-state index contributed by atoms with van der Waals surface area (Å²) in [6, 6.07) is 2.09. The summed E-state index contributed by atoms with van der Waals surface area (Å²) in [7, 11) is 1.90. The third kappa shape index (κ3) is 2.87. The Morgan fingerprint density at radius 3 is 2.88 bits per heavy atom. The van der Waals surface area contributed by atoms with Crippen molar-refractivity contribution in [3.63, 3.8) is 0 Å². The lowest BCUT2D eigenvalue weighted by Gasteiger charge is -2.16. The zero-order chi connectivity index (χ0) is 11.5. The minimum atomic E-state index is 0.284. The van der Waals surface area contributed by atoms with Crippen molar-refractivity contribution in [1.82, 2.24) is 9.47 Å². The van der Waals surface area contributed by atoms with Gasteiger partial charge in [-0.1, -0.05) is 0 Å². The number of hydrogen-bond donors (Lipinski definition) is 0. The van der Waals surface area contributed by atoms with Crippen LogP contribution < -0.4 is 0 Å². The minimum Gasteiger partial charge on any atom is -0.354 e. The monoisotopic (exact) mass is 220 g/mol. The summed E-state index contributed by atoms with van der Waals surface area (Å²) in [4.78, 5) is 13.6. The molecule has 3 nitrogen and oxygen atoms in total. The van der Waals surface area contributed by atoms with Crippen LogP contribution in [0.25, 0.3) is 0 Å². The molecule has 1 aromatic rings. The van der Waals surface area contributed by atoms with E-state index in [2.05, 4.69) is 30.0 Å². The molecule has 0 bridgehead atoms. The molecule has 0 aromatic carbocycles. The first kappa shape index (κ1) is 11.2. The smallest absolute Gasteiger partial charge is 0.222 e. The Kier molecular flexibility index (Phi) is 3.32.